The number of rotatable bonds is 1. The number of hydrogen-bond donors (Lipinski definition) is 1. The van der Waals surface area contributed by atoms with E-state index in [0.29, 0.717) is 0 Å². The van der Waals surface area contributed by atoms with Gasteiger partial charge in [0.1, 0.15) is 28.3 Å². The summed E-state index contributed by atoms with van der Waals surface area (Å²) in [4.78, 5) is 5.23. The Balaban J connectivity index is 2.07. The largest absolute Gasteiger partial charge is 0.588 e. The third-order valence-electron chi connectivity index (χ3n) is 3.66. The van der Waals surface area contributed by atoms with Crippen molar-refractivity contribution in [3.63, 3.8) is 0 Å². The van der Waals surface area contributed by atoms with Crippen molar-refractivity contribution >= 4 is 28.0 Å². The van der Waals surface area contributed by atoms with Gasteiger partial charge < -0.3 is 9.29 Å². The predicted octanol–water partition coefficient (Wildman–Crippen LogP) is 3.36. The van der Waals surface area contributed by atoms with Crippen LogP contribution in [0.2, 0.25) is 0 Å². The van der Waals surface area contributed by atoms with E-state index in [0.717, 1.165) is 38.4 Å². The number of pyridine rings is 1. The van der Waals surface area contributed by atoms with E-state index in [1.165, 1.54) is 0 Å². The zero-order valence-corrected chi connectivity index (χ0v) is 12.1. The number of anilines is 1. The van der Waals surface area contributed by atoms with Crippen LogP contribution in [0, 0.1) is 0 Å². The molecule has 0 spiro atoms. The lowest BCUT2D eigenvalue weighted by atomic mass is 10.0. The highest BCUT2D eigenvalue weighted by Gasteiger charge is 2.28. The molecule has 1 aliphatic rings. The molecule has 5 heteroatoms. The van der Waals surface area contributed by atoms with Gasteiger partial charge in [0.25, 0.3) is 0 Å². The maximum atomic E-state index is 12.4. The second-order valence-electron chi connectivity index (χ2n) is 4.76. The molecule has 4 nitrogen and oxygen atoms in total. The average molecular weight is 296 g/mol. The van der Waals surface area contributed by atoms with Crippen LogP contribution in [0.1, 0.15) is 0 Å². The van der Waals surface area contributed by atoms with E-state index >= 15 is 0 Å². The van der Waals surface area contributed by atoms with Gasteiger partial charge in [0.2, 0.25) is 0 Å². The zero-order chi connectivity index (χ0) is 14.4. The average Bonchev–Trinajstić information content (AvgIpc) is 2.54. The Morgan fingerprint density at radius 1 is 1.10 bits per heavy atom. The Morgan fingerprint density at radius 2 is 1.95 bits per heavy atom. The Bertz CT molecular complexity index is 851. The first-order valence-electron chi connectivity index (χ1n) is 6.53. The fraction of sp³-hybridized carbons (Fsp3) is 0.0625. The third-order valence-corrected chi connectivity index (χ3v) is 4.81. The second kappa shape index (κ2) is 4.65. The van der Waals surface area contributed by atoms with Gasteiger partial charge in [-0.2, -0.15) is 0 Å². The monoisotopic (exact) mass is 296 g/mol. The van der Waals surface area contributed by atoms with E-state index in [2.05, 4.69) is 9.71 Å². The number of hydrogen-bond acceptors (Lipinski definition) is 4. The van der Waals surface area contributed by atoms with E-state index in [1.807, 2.05) is 42.5 Å². The van der Waals surface area contributed by atoms with E-state index in [1.54, 1.807) is 13.3 Å². The molecule has 21 heavy (non-hydrogen) atoms. The number of nitrogens with zero attached hydrogens (tertiary/aromatic N) is 1. The Morgan fingerprint density at radius 3 is 2.81 bits per heavy atom. The molecule has 0 bridgehead atoms. The Labute approximate surface area is 125 Å². The summed E-state index contributed by atoms with van der Waals surface area (Å²) in [5, 5.41) is 0.905. The Kier molecular flexibility index (Phi) is 2.77. The lowest BCUT2D eigenvalue weighted by Gasteiger charge is -2.23. The van der Waals surface area contributed by atoms with Crippen LogP contribution in [0.3, 0.4) is 0 Å². The SMILES string of the molecule is COc1ccnc2c3c(ccc12)-c1ccccc1[S+]([O-])N3. The minimum atomic E-state index is -1.27. The van der Waals surface area contributed by atoms with Crippen LogP contribution in [0.5, 0.6) is 5.75 Å². The minimum Gasteiger partial charge on any atom is -0.588 e. The van der Waals surface area contributed by atoms with Gasteiger partial charge in [-0.3, -0.25) is 4.98 Å². The molecule has 0 saturated heterocycles. The molecule has 1 N–H and O–H groups in total. The summed E-state index contributed by atoms with van der Waals surface area (Å²) in [6, 6.07) is 13.5. The summed E-state index contributed by atoms with van der Waals surface area (Å²) in [7, 11) is 1.63. The van der Waals surface area contributed by atoms with Crippen LogP contribution in [-0.2, 0) is 11.4 Å². The maximum absolute atomic E-state index is 12.4. The van der Waals surface area contributed by atoms with Crippen molar-refractivity contribution < 1.29 is 9.29 Å². The highest BCUT2D eigenvalue weighted by molar-refractivity contribution is 7.93. The van der Waals surface area contributed by atoms with Crippen molar-refractivity contribution in [2.24, 2.45) is 0 Å². The summed E-state index contributed by atoms with van der Waals surface area (Å²) >= 11 is -1.27. The van der Waals surface area contributed by atoms with Crippen LogP contribution in [0.4, 0.5) is 5.69 Å². The highest BCUT2D eigenvalue weighted by Crippen LogP contribution is 2.43. The lowest BCUT2D eigenvalue weighted by molar-refractivity contribution is 0.419. The summed E-state index contributed by atoms with van der Waals surface area (Å²) in [5.74, 6) is 0.759. The number of fused-ring (bicyclic) bond motifs is 5. The molecule has 0 saturated carbocycles. The first-order chi connectivity index (χ1) is 10.3. The molecule has 1 atom stereocenters. The lowest BCUT2D eigenvalue weighted by Crippen LogP contribution is -2.19. The van der Waals surface area contributed by atoms with Crippen molar-refractivity contribution in [3.8, 4) is 16.9 Å². The molecule has 1 aliphatic heterocycles. The molecule has 2 heterocycles. The first kappa shape index (κ1) is 12.5. The molecule has 3 aromatic rings. The van der Waals surface area contributed by atoms with E-state index in [-0.39, 0.29) is 0 Å². The summed E-state index contributed by atoms with van der Waals surface area (Å²) in [6.45, 7) is 0. The van der Waals surface area contributed by atoms with Gasteiger partial charge in [0, 0.05) is 22.7 Å². The van der Waals surface area contributed by atoms with Crippen LogP contribution >= 0.6 is 0 Å². The molecule has 4 rings (SSSR count). The number of aromatic nitrogens is 1. The molecule has 0 aliphatic carbocycles. The van der Waals surface area contributed by atoms with Gasteiger partial charge in [-0.25, -0.2) is 4.72 Å². The second-order valence-corrected chi connectivity index (χ2v) is 5.95. The van der Waals surface area contributed by atoms with Crippen molar-refractivity contribution in [2.45, 2.75) is 4.90 Å². The fourth-order valence-electron chi connectivity index (χ4n) is 2.70. The minimum absolute atomic E-state index is 0.759. The number of nitrogens with one attached hydrogen (secondary N) is 1. The topological polar surface area (TPSA) is 57.2 Å². The number of ether oxygens (including phenoxy) is 1. The third kappa shape index (κ3) is 1.78. The molecule has 1 aromatic heterocycles. The van der Waals surface area contributed by atoms with Crippen molar-refractivity contribution in [3.05, 3.63) is 48.7 Å². The normalized spacial score (nSPS) is 16.0. The molecule has 104 valence electrons. The highest BCUT2D eigenvalue weighted by atomic mass is 32.2. The summed E-state index contributed by atoms with van der Waals surface area (Å²) < 4.78 is 20.8. The van der Waals surface area contributed by atoms with E-state index < -0.39 is 11.4 Å². The van der Waals surface area contributed by atoms with E-state index in [9.17, 15) is 4.55 Å². The molecule has 2 aromatic carbocycles. The smallest absolute Gasteiger partial charge is 0.187 e. The van der Waals surface area contributed by atoms with Crippen LogP contribution in [0.25, 0.3) is 22.0 Å². The van der Waals surface area contributed by atoms with Crippen molar-refractivity contribution in [2.75, 3.05) is 11.8 Å². The molecular weight excluding hydrogens is 284 g/mol. The fourth-order valence-corrected chi connectivity index (χ4v) is 3.78. The van der Waals surface area contributed by atoms with Gasteiger partial charge in [0.05, 0.1) is 7.11 Å². The van der Waals surface area contributed by atoms with Crippen molar-refractivity contribution in [1.82, 2.24) is 4.98 Å². The zero-order valence-electron chi connectivity index (χ0n) is 11.3. The first-order valence-corrected chi connectivity index (χ1v) is 7.68. The van der Waals surface area contributed by atoms with Crippen LogP contribution in [-0.4, -0.2) is 16.6 Å². The molecule has 0 fully saturated rings. The molecular formula is C16H12N2O2S. The number of methoxy groups -OCH3 is 1. The molecule has 0 radical (unpaired) electrons. The van der Waals surface area contributed by atoms with Gasteiger partial charge in [0.15, 0.2) is 4.90 Å². The summed E-state index contributed by atoms with van der Waals surface area (Å²) in [6.07, 6.45) is 1.70. The molecule has 1 unspecified atom stereocenters. The van der Waals surface area contributed by atoms with Gasteiger partial charge in [-0.15, -0.1) is 0 Å². The van der Waals surface area contributed by atoms with Crippen molar-refractivity contribution in [1.29, 1.82) is 0 Å². The molecule has 0 amide bonds. The van der Waals surface area contributed by atoms with Crippen LogP contribution < -0.4 is 9.46 Å². The maximum Gasteiger partial charge on any atom is 0.187 e. The van der Waals surface area contributed by atoms with Gasteiger partial charge >= 0.3 is 0 Å². The number of benzene rings is 2. The standard InChI is InChI=1S/C16H12N2O2S/c1-20-13-8-9-17-15-12(13)7-6-11-10-4-2-3-5-14(10)21(19)18-16(11)15/h2-9,18H,1H3. The van der Waals surface area contributed by atoms with Gasteiger partial charge in [-0.05, 0) is 24.3 Å². The summed E-state index contributed by atoms with van der Waals surface area (Å²) in [5.41, 5.74) is 3.56. The quantitative estimate of drug-likeness (QED) is 0.700. The van der Waals surface area contributed by atoms with Crippen LogP contribution in [0.15, 0.2) is 53.6 Å². The van der Waals surface area contributed by atoms with Gasteiger partial charge in [-0.1, -0.05) is 18.2 Å². The Hall–Kier alpha value is -2.24. The van der Waals surface area contributed by atoms with E-state index in [4.69, 9.17) is 4.74 Å². The predicted molar refractivity (Wildman–Crippen MR) is 83.8 cm³/mol.